The number of hydrazine groups is 1. The van der Waals surface area contributed by atoms with Gasteiger partial charge in [-0.1, -0.05) is 0 Å². The first-order valence-electron chi connectivity index (χ1n) is 10.5. The summed E-state index contributed by atoms with van der Waals surface area (Å²) in [5, 5.41) is 12.2. The number of nitrogens with two attached hydrogens (primary N) is 1. The number of carbonyl (C=O) groups is 1. The molecule has 0 aliphatic carbocycles. The van der Waals surface area contributed by atoms with E-state index in [-0.39, 0.29) is 29.4 Å². The minimum Gasteiger partial charge on any atom is -0.350 e. The largest absolute Gasteiger partial charge is 0.350 e. The molecule has 160 valence electrons. The molecule has 10 heteroatoms. The molecular weight excluding hydrogens is 380 g/mol. The summed E-state index contributed by atoms with van der Waals surface area (Å²) in [6.45, 7) is 8.66. The molecule has 4 heterocycles. The lowest BCUT2D eigenvalue weighted by atomic mass is 9.94. The van der Waals surface area contributed by atoms with Gasteiger partial charge >= 0.3 is 0 Å². The van der Waals surface area contributed by atoms with Crippen LogP contribution in [0.2, 0.25) is 0 Å². The predicted molar refractivity (Wildman–Crippen MR) is 110 cm³/mol. The van der Waals surface area contributed by atoms with Crippen molar-refractivity contribution >= 4 is 17.5 Å². The second-order valence-corrected chi connectivity index (χ2v) is 9.42. The van der Waals surface area contributed by atoms with E-state index >= 15 is 0 Å². The van der Waals surface area contributed by atoms with Gasteiger partial charge in [-0.05, 0) is 26.9 Å². The molecule has 7 atom stereocenters. The highest BCUT2D eigenvalue weighted by molar-refractivity contribution is 6.21. The van der Waals surface area contributed by atoms with Gasteiger partial charge in [0.05, 0.1) is 29.7 Å². The monoisotopic (exact) mass is 414 g/mol. The van der Waals surface area contributed by atoms with E-state index in [2.05, 4.69) is 45.1 Å². The maximum absolute atomic E-state index is 13.2. The van der Waals surface area contributed by atoms with Crippen molar-refractivity contribution in [2.24, 2.45) is 11.7 Å². The van der Waals surface area contributed by atoms with Gasteiger partial charge in [0.25, 0.3) is 0 Å². The van der Waals surface area contributed by atoms with Crippen LogP contribution in [0.1, 0.15) is 13.3 Å². The molecule has 0 aromatic rings. The Kier molecular flexibility index (Phi) is 6.44. The Morgan fingerprint density at radius 3 is 2.86 bits per heavy atom. The fourth-order valence-electron chi connectivity index (χ4n) is 5.29. The first-order chi connectivity index (χ1) is 13.4. The third-order valence-corrected chi connectivity index (χ3v) is 7.00. The number of fused-ring (bicyclic) bond motifs is 1. The Bertz CT molecular complexity index is 568. The average Bonchev–Trinajstić information content (AvgIpc) is 2.97. The summed E-state index contributed by atoms with van der Waals surface area (Å²) < 4.78 is 0. The number of nitrogens with one attached hydrogen (secondary N) is 4. The molecule has 4 fully saturated rings. The van der Waals surface area contributed by atoms with Crippen LogP contribution in [-0.2, 0) is 4.79 Å². The van der Waals surface area contributed by atoms with Crippen LogP contribution in [-0.4, -0.2) is 109 Å². The molecule has 4 aliphatic heterocycles. The van der Waals surface area contributed by atoms with Gasteiger partial charge in [-0.25, -0.2) is 10.4 Å². The van der Waals surface area contributed by atoms with E-state index in [1.807, 2.05) is 5.01 Å². The zero-order valence-electron chi connectivity index (χ0n) is 16.9. The van der Waals surface area contributed by atoms with E-state index in [4.69, 9.17) is 17.3 Å². The number of halogens is 1. The van der Waals surface area contributed by atoms with Gasteiger partial charge in [-0.2, -0.15) is 0 Å². The van der Waals surface area contributed by atoms with E-state index in [0.29, 0.717) is 25.2 Å². The number of piperazine rings is 1. The number of likely N-dealkylation sites (N-methyl/N-ethyl adjacent to an activating group) is 1. The summed E-state index contributed by atoms with van der Waals surface area (Å²) in [6, 6.07) is 0.952. The van der Waals surface area contributed by atoms with Crippen molar-refractivity contribution < 1.29 is 4.79 Å². The normalized spacial score (nSPS) is 43.6. The molecule has 0 spiro atoms. The Labute approximate surface area is 172 Å². The Balaban J connectivity index is 1.42. The van der Waals surface area contributed by atoms with Crippen LogP contribution in [0.3, 0.4) is 0 Å². The molecule has 9 nitrogen and oxygen atoms in total. The van der Waals surface area contributed by atoms with Crippen molar-refractivity contribution in [3.63, 3.8) is 0 Å². The molecule has 0 aromatic heterocycles. The number of amides is 1. The molecule has 4 saturated heterocycles. The van der Waals surface area contributed by atoms with E-state index in [0.717, 1.165) is 39.1 Å². The third-order valence-electron chi connectivity index (χ3n) is 6.70. The first-order valence-corrected chi connectivity index (χ1v) is 11.0. The smallest absolute Gasteiger partial charge is 0.229 e. The molecule has 1 amide bonds. The van der Waals surface area contributed by atoms with Crippen LogP contribution in [0.4, 0.5) is 0 Å². The molecule has 0 bridgehead atoms. The highest BCUT2D eigenvalue weighted by atomic mass is 35.5. The standard InChI is InChI=1S/C18H35ClN8O/c1-11-9-25(2)5-6-26(11)14-3-4-21-8-13(14)23-18(28)15-16(20)24-27-10-12(19)7-22-17(15)27/h11-17,21-22,24H,3-10,20H2,1-2H3,(H,23,28). The third kappa shape index (κ3) is 4.17. The van der Waals surface area contributed by atoms with Crippen molar-refractivity contribution in [1.29, 1.82) is 0 Å². The lowest BCUT2D eigenvalue weighted by Gasteiger charge is -2.47. The SMILES string of the molecule is CC1CN(C)CCN1C1CCNCC1NC(=O)C1C(N)NN2CC(Cl)CNC12. The van der Waals surface area contributed by atoms with Crippen molar-refractivity contribution in [2.75, 3.05) is 52.9 Å². The zero-order valence-corrected chi connectivity index (χ0v) is 17.7. The van der Waals surface area contributed by atoms with Crippen LogP contribution >= 0.6 is 11.6 Å². The Morgan fingerprint density at radius 2 is 2.07 bits per heavy atom. The van der Waals surface area contributed by atoms with Gasteiger partial charge in [0.1, 0.15) is 0 Å². The zero-order chi connectivity index (χ0) is 19.8. The molecule has 0 radical (unpaired) electrons. The summed E-state index contributed by atoms with van der Waals surface area (Å²) in [5.41, 5.74) is 9.49. The molecule has 4 aliphatic rings. The van der Waals surface area contributed by atoms with Gasteiger partial charge in [-0.3, -0.25) is 15.0 Å². The highest BCUT2D eigenvalue weighted by Crippen LogP contribution is 2.24. The van der Waals surface area contributed by atoms with Gasteiger partial charge in [0, 0.05) is 51.4 Å². The van der Waals surface area contributed by atoms with Gasteiger partial charge in [-0.15, -0.1) is 11.6 Å². The van der Waals surface area contributed by atoms with Gasteiger partial charge in [0.2, 0.25) is 5.91 Å². The summed E-state index contributed by atoms with van der Waals surface area (Å²) >= 11 is 6.24. The number of nitrogens with zero attached hydrogens (tertiary/aromatic N) is 3. The summed E-state index contributed by atoms with van der Waals surface area (Å²) in [7, 11) is 2.18. The number of carbonyl (C=O) groups excluding carboxylic acids is 1. The average molecular weight is 415 g/mol. The lowest BCUT2D eigenvalue weighted by molar-refractivity contribution is -0.128. The fraction of sp³-hybridized carbons (Fsp3) is 0.944. The summed E-state index contributed by atoms with van der Waals surface area (Å²) in [4.78, 5) is 18.2. The van der Waals surface area contributed by atoms with E-state index in [1.54, 1.807) is 0 Å². The Morgan fingerprint density at radius 1 is 1.25 bits per heavy atom. The van der Waals surface area contributed by atoms with Crippen molar-refractivity contribution in [1.82, 2.24) is 36.2 Å². The predicted octanol–water partition coefficient (Wildman–Crippen LogP) is -2.27. The summed E-state index contributed by atoms with van der Waals surface area (Å²) in [5.74, 6) is -0.315. The highest BCUT2D eigenvalue weighted by Gasteiger charge is 2.47. The second-order valence-electron chi connectivity index (χ2n) is 8.81. The number of piperidine rings is 1. The molecule has 7 unspecified atom stereocenters. The number of rotatable bonds is 3. The molecule has 4 rings (SSSR count). The topological polar surface area (TPSA) is 101 Å². The maximum Gasteiger partial charge on any atom is 0.229 e. The van der Waals surface area contributed by atoms with E-state index in [1.165, 1.54) is 0 Å². The quantitative estimate of drug-likeness (QED) is 0.329. The van der Waals surface area contributed by atoms with Crippen LogP contribution in [0.15, 0.2) is 0 Å². The fourth-order valence-corrected chi connectivity index (χ4v) is 5.53. The van der Waals surface area contributed by atoms with Gasteiger partial charge < -0.3 is 21.3 Å². The van der Waals surface area contributed by atoms with Crippen LogP contribution < -0.4 is 27.1 Å². The number of hydrogen-bond acceptors (Lipinski definition) is 8. The molecular formula is C18H35ClN8O. The van der Waals surface area contributed by atoms with Crippen molar-refractivity contribution in [3.8, 4) is 0 Å². The number of hydrogen-bond donors (Lipinski definition) is 5. The molecule has 0 aromatic carbocycles. The number of alkyl halides is 1. The molecule has 6 N–H and O–H groups in total. The van der Waals surface area contributed by atoms with Crippen molar-refractivity contribution in [2.45, 2.75) is 49.2 Å². The van der Waals surface area contributed by atoms with Crippen LogP contribution in [0.5, 0.6) is 0 Å². The van der Waals surface area contributed by atoms with Gasteiger partial charge in [0.15, 0.2) is 0 Å². The molecule has 28 heavy (non-hydrogen) atoms. The minimum absolute atomic E-state index is 0.0170. The Hall–Kier alpha value is -0.520. The summed E-state index contributed by atoms with van der Waals surface area (Å²) in [6.07, 6.45) is 0.537. The first kappa shape index (κ1) is 20.7. The second kappa shape index (κ2) is 8.69. The van der Waals surface area contributed by atoms with E-state index < -0.39 is 6.17 Å². The van der Waals surface area contributed by atoms with Crippen molar-refractivity contribution in [3.05, 3.63) is 0 Å². The minimum atomic E-state index is -0.406. The maximum atomic E-state index is 13.2. The lowest BCUT2D eigenvalue weighted by Crippen LogP contribution is -2.66. The van der Waals surface area contributed by atoms with Crippen LogP contribution in [0, 0.1) is 5.92 Å². The van der Waals surface area contributed by atoms with E-state index in [9.17, 15) is 4.79 Å². The van der Waals surface area contributed by atoms with Crippen LogP contribution in [0.25, 0.3) is 0 Å². The molecule has 0 saturated carbocycles.